The van der Waals surface area contributed by atoms with Gasteiger partial charge in [-0.15, -0.1) is 11.3 Å². The van der Waals surface area contributed by atoms with Crippen LogP contribution in [-0.4, -0.2) is 48.0 Å². The second-order valence-corrected chi connectivity index (χ2v) is 8.28. The number of carboxylic acid groups (broad SMARTS) is 1. The number of aromatic nitrogens is 2. The maximum atomic E-state index is 12.9. The summed E-state index contributed by atoms with van der Waals surface area (Å²) in [5, 5.41) is 11.7. The number of quaternary nitrogens is 1. The first-order valence-electron chi connectivity index (χ1n) is 9.45. The zero-order chi connectivity index (χ0) is 19.0. The molecule has 8 nitrogen and oxygen atoms in total. The molecule has 1 saturated heterocycles. The normalized spacial score (nSPS) is 17.9. The molecule has 146 valence electrons. The third-order valence-electron chi connectivity index (χ3n) is 5.49. The highest BCUT2D eigenvalue weighted by Gasteiger charge is 2.24. The highest BCUT2D eigenvalue weighted by Crippen LogP contribution is 2.34. The van der Waals surface area contributed by atoms with Crippen molar-refractivity contribution in [3.05, 3.63) is 31.3 Å². The number of aliphatic carboxylic acids is 1. The largest absolute Gasteiger partial charge is 0.548 e. The summed E-state index contributed by atoms with van der Waals surface area (Å²) in [6.07, 6.45) is 3.81. The maximum Gasteiger partial charge on any atom is 0.332 e. The number of aryl methyl sites for hydroxylation is 2. The molecule has 0 amide bonds. The van der Waals surface area contributed by atoms with Crippen LogP contribution in [0.15, 0.2) is 9.59 Å². The predicted molar refractivity (Wildman–Crippen MR) is 98.4 cm³/mol. The van der Waals surface area contributed by atoms with Crippen LogP contribution in [0.5, 0.6) is 0 Å². The number of carbonyl (C=O) groups is 1. The van der Waals surface area contributed by atoms with Gasteiger partial charge in [-0.2, -0.15) is 0 Å². The minimum Gasteiger partial charge on any atom is -0.548 e. The summed E-state index contributed by atoms with van der Waals surface area (Å²) in [5.41, 5.74) is -0.0395. The van der Waals surface area contributed by atoms with Crippen molar-refractivity contribution in [2.75, 3.05) is 32.8 Å². The standard InChI is InChI=1S/C18H23N3O5S/c22-14(23)11-21-16(24)15-12-3-1-2-4-13(12)27-17(15)20(18(21)25)6-5-19-7-9-26-10-8-19/h1-11H2,(H,22,23). The topological polar surface area (TPSA) is 97.8 Å². The van der Waals surface area contributed by atoms with Gasteiger partial charge in [-0.1, -0.05) is 0 Å². The molecule has 0 aromatic carbocycles. The van der Waals surface area contributed by atoms with Crippen LogP contribution in [0.25, 0.3) is 10.2 Å². The monoisotopic (exact) mass is 393 g/mol. The SMILES string of the molecule is O=C([O-])Cn1c(=O)c2c3c(sc2n(CC[NH+]2CCOCC2)c1=O)CCCC3. The molecule has 0 unspecified atom stereocenters. The molecule has 4 rings (SSSR count). The summed E-state index contributed by atoms with van der Waals surface area (Å²) < 4.78 is 7.80. The van der Waals surface area contributed by atoms with E-state index in [1.165, 1.54) is 16.2 Å². The molecular formula is C18H23N3O5S. The van der Waals surface area contributed by atoms with Crippen LogP contribution in [0.3, 0.4) is 0 Å². The molecule has 1 aliphatic heterocycles. The van der Waals surface area contributed by atoms with Gasteiger partial charge in [0.05, 0.1) is 44.2 Å². The number of thiophene rings is 1. The first-order valence-corrected chi connectivity index (χ1v) is 10.3. The fourth-order valence-corrected chi connectivity index (χ4v) is 5.46. The molecule has 0 radical (unpaired) electrons. The van der Waals surface area contributed by atoms with E-state index >= 15 is 0 Å². The number of rotatable bonds is 5. The second-order valence-electron chi connectivity index (χ2n) is 7.20. The van der Waals surface area contributed by atoms with Gasteiger partial charge in [0.2, 0.25) is 0 Å². The van der Waals surface area contributed by atoms with Crippen LogP contribution in [0.2, 0.25) is 0 Å². The number of carbonyl (C=O) groups excluding carboxylic acids is 1. The number of ether oxygens (including phenoxy) is 1. The second kappa shape index (κ2) is 7.57. The highest BCUT2D eigenvalue weighted by atomic mass is 32.1. The number of fused-ring (bicyclic) bond motifs is 3. The highest BCUT2D eigenvalue weighted by molar-refractivity contribution is 7.18. The van der Waals surface area contributed by atoms with Crippen molar-refractivity contribution in [3.8, 4) is 0 Å². The Hall–Kier alpha value is -1.97. The molecule has 1 fully saturated rings. The van der Waals surface area contributed by atoms with E-state index in [2.05, 4.69) is 0 Å². The molecule has 1 N–H and O–H groups in total. The first-order chi connectivity index (χ1) is 13.1. The van der Waals surface area contributed by atoms with E-state index in [1.54, 1.807) is 4.57 Å². The fraction of sp³-hybridized carbons (Fsp3) is 0.611. The maximum absolute atomic E-state index is 12.9. The minimum atomic E-state index is -1.43. The van der Waals surface area contributed by atoms with Gasteiger partial charge in [-0.05, 0) is 31.2 Å². The van der Waals surface area contributed by atoms with Crippen molar-refractivity contribution in [3.63, 3.8) is 0 Å². The molecule has 27 heavy (non-hydrogen) atoms. The van der Waals surface area contributed by atoms with Crippen LogP contribution >= 0.6 is 11.3 Å². The van der Waals surface area contributed by atoms with E-state index in [4.69, 9.17) is 4.74 Å². The van der Waals surface area contributed by atoms with Crippen LogP contribution in [0.1, 0.15) is 23.3 Å². The van der Waals surface area contributed by atoms with Crippen molar-refractivity contribution < 1.29 is 19.5 Å². The number of hydrogen-bond donors (Lipinski definition) is 1. The molecule has 1 aliphatic carbocycles. The summed E-state index contributed by atoms with van der Waals surface area (Å²) in [6, 6.07) is 0. The molecule has 2 aromatic heterocycles. The number of morpholine rings is 1. The number of hydrogen-bond acceptors (Lipinski definition) is 6. The summed E-state index contributed by atoms with van der Waals surface area (Å²) in [4.78, 5) is 40.2. The molecule has 9 heteroatoms. The Labute approximate surface area is 159 Å². The van der Waals surface area contributed by atoms with Gasteiger partial charge in [-0.25, -0.2) is 4.79 Å². The average molecular weight is 393 g/mol. The Morgan fingerprint density at radius 1 is 1.15 bits per heavy atom. The van der Waals surface area contributed by atoms with Gasteiger partial charge >= 0.3 is 5.69 Å². The molecule has 0 atom stereocenters. The third kappa shape index (κ3) is 3.46. The van der Waals surface area contributed by atoms with E-state index in [-0.39, 0.29) is 0 Å². The van der Waals surface area contributed by atoms with Gasteiger partial charge in [0.15, 0.2) is 0 Å². The number of carboxylic acids is 1. The van der Waals surface area contributed by atoms with E-state index in [0.29, 0.717) is 30.0 Å². The van der Waals surface area contributed by atoms with E-state index in [0.717, 1.165) is 60.3 Å². The van der Waals surface area contributed by atoms with Crippen LogP contribution in [0.4, 0.5) is 0 Å². The lowest BCUT2D eigenvalue weighted by atomic mass is 9.97. The summed E-state index contributed by atoms with van der Waals surface area (Å²) in [6.45, 7) is 3.67. The van der Waals surface area contributed by atoms with Gasteiger partial charge < -0.3 is 19.5 Å². The molecule has 0 saturated carbocycles. The molecule has 2 aromatic rings. The molecule has 3 heterocycles. The predicted octanol–water partition coefficient (Wildman–Crippen LogP) is -2.23. The fourth-order valence-electron chi connectivity index (χ4n) is 4.06. The lowest BCUT2D eigenvalue weighted by Crippen LogP contribution is -3.14. The quantitative estimate of drug-likeness (QED) is 0.620. The average Bonchev–Trinajstić information content (AvgIpc) is 3.05. The summed E-state index contributed by atoms with van der Waals surface area (Å²) in [7, 11) is 0. The summed E-state index contributed by atoms with van der Waals surface area (Å²) in [5.74, 6) is -1.43. The molecule has 0 spiro atoms. The lowest BCUT2D eigenvalue weighted by molar-refractivity contribution is -0.908. The Balaban J connectivity index is 1.82. The van der Waals surface area contributed by atoms with Crippen molar-refractivity contribution in [2.45, 2.75) is 38.8 Å². The van der Waals surface area contributed by atoms with Gasteiger partial charge in [0.25, 0.3) is 5.56 Å². The van der Waals surface area contributed by atoms with Gasteiger partial charge in [-0.3, -0.25) is 13.9 Å². The van der Waals surface area contributed by atoms with Crippen LogP contribution in [-0.2, 0) is 35.5 Å². The number of nitrogens with one attached hydrogen (secondary N) is 1. The first kappa shape index (κ1) is 18.4. The Morgan fingerprint density at radius 3 is 2.63 bits per heavy atom. The van der Waals surface area contributed by atoms with E-state index in [9.17, 15) is 19.5 Å². The van der Waals surface area contributed by atoms with Crippen LogP contribution < -0.4 is 21.3 Å². The Bertz CT molecular complexity index is 984. The van der Waals surface area contributed by atoms with Crippen LogP contribution in [0, 0.1) is 0 Å². The van der Waals surface area contributed by atoms with Crippen molar-refractivity contribution in [1.82, 2.24) is 9.13 Å². The molecular weight excluding hydrogens is 370 g/mol. The van der Waals surface area contributed by atoms with E-state index in [1.807, 2.05) is 0 Å². The van der Waals surface area contributed by atoms with Crippen molar-refractivity contribution >= 4 is 27.5 Å². The zero-order valence-corrected chi connectivity index (χ0v) is 15.9. The smallest absolute Gasteiger partial charge is 0.332 e. The van der Waals surface area contributed by atoms with Gasteiger partial charge in [0, 0.05) is 4.88 Å². The van der Waals surface area contributed by atoms with E-state index < -0.39 is 23.8 Å². The Kier molecular flexibility index (Phi) is 5.16. The summed E-state index contributed by atoms with van der Waals surface area (Å²) >= 11 is 1.52. The lowest BCUT2D eigenvalue weighted by Gasteiger charge is -2.24. The van der Waals surface area contributed by atoms with Crippen molar-refractivity contribution in [2.24, 2.45) is 0 Å². The van der Waals surface area contributed by atoms with Gasteiger partial charge in [0.1, 0.15) is 17.9 Å². The molecule has 0 bridgehead atoms. The number of nitrogens with zero attached hydrogens (tertiary/aromatic N) is 2. The Morgan fingerprint density at radius 2 is 1.89 bits per heavy atom. The minimum absolute atomic E-state index is 0.456. The van der Waals surface area contributed by atoms with Crippen molar-refractivity contribution in [1.29, 1.82) is 0 Å². The molecule has 2 aliphatic rings. The zero-order valence-electron chi connectivity index (χ0n) is 15.1. The third-order valence-corrected chi connectivity index (χ3v) is 6.81.